The van der Waals surface area contributed by atoms with E-state index in [-0.39, 0.29) is 17.0 Å². The van der Waals surface area contributed by atoms with E-state index in [2.05, 4.69) is 22.0 Å². The molecule has 0 aliphatic carbocycles. The number of rotatable bonds is 5. The first-order valence-electron chi connectivity index (χ1n) is 10.1. The van der Waals surface area contributed by atoms with Crippen molar-refractivity contribution in [1.82, 2.24) is 14.8 Å². The van der Waals surface area contributed by atoms with Crippen LogP contribution in [0.5, 0.6) is 5.75 Å². The summed E-state index contributed by atoms with van der Waals surface area (Å²) >= 11 is 0. The van der Waals surface area contributed by atoms with Gasteiger partial charge in [0, 0.05) is 38.4 Å². The smallest absolute Gasteiger partial charge is 0.261 e. The minimum atomic E-state index is -0.345. The van der Waals surface area contributed by atoms with Crippen molar-refractivity contribution in [2.75, 3.05) is 33.3 Å². The normalized spacial score (nSPS) is 14.5. The molecular weight excluding hydrogens is 378 g/mol. The molecule has 4 rings (SSSR count). The average Bonchev–Trinajstić information content (AvgIpc) is 2.80. The Morgan fingerprint density at radius 2 is 1.63 bits per heavy atom. The van der Waals surface area contributed by atoms with E-state index in [9.17, 15) is 9.59 Å². The van der Waals surface area contributed by atoms with E-state index in [0.29, 0.717) is 18.8 Å². The number of nitrogens with one attached hydrogen (secondary N) is 1. The summed E-state index contributed by atoms with van der Waals surface area (Å²) in [6, 6.07) is 21.1. The first-order chi connectivity index (χ1) is 14.6. The van der Waals surface area contributed by atoms with E-state index in [1.165, 1.54) is 5.56 Å². The molecular formula is C24H25N3O3. The van der Waals surface area contributed by atoms with Gasteiger partial charge in [0.15, 0.2) is 0 Å². The number of hydrogen-bond donors (Lipinski definition) is 1. The van der Waals surface area contributed by atoms with E-state index in [1.54, 1.807) is 24.1 Å². The van der Waals surface area contributed by atoms with E-state index in [0.717, 1.165) is 30.9 Å². The highest BCUT2D eigenvalue weighted by atomic mass is 16.5. The van der Waals surface area contributed by atoms with Gasteiger partial charge < -0.3 is 14.6 Å². The summed E-state index contributed by atoms with van der Waals surface area (Å²) in [7, 11) is 1.66. The number of aromatic amines is 1. The number of nitrogens with zero attached hydrogens (tertiary/aromatic N) is 2. The molecule has 1 aliphatic heterocycles. The molecule has 0 unspecified atom stereocenters. The number of H-pyrrole nitrogens is 1. The number of aromatic nitrogens is 1. The summed E-state index contributed by atoms with van der Waals surface area (Å²) in [5.41, 5.74) is 2.69. The lowest BCUT2D eigenvalue weighted by Gasteiger charge is -2.34. The average molecular weight is 403 g/mol. The van der Waals surface area contributed by atoms with Crippen LogP contribution in [-0.4, -0.2) is 54.0 Å². The molecule has 0 atom stereocenters. The fourth-order valence-electron chi connectivity index (χ4n) is 3.70. The molecule has 2 heterocycles. The van der Waals surface area contributed by atoms with Crippen molar-refractivity contribution in [1.29, 1.82) is 0 Å². The second-order valence-corrected chi connectivity index (χ2v) is 7.40. The lowest BCUT2D eigenvalue weighted by atomic mass is 10.1. The molecule has 1 aromatic heterocycles. The van der Waals surface area contributed by atoms with Crippen molar-refractivity contribution in [3.05, 3.63) is 88.2 Å². The van der Waals surface area contributed by atoms with Gasteiger partial charge in [-0.3, -0.25) is 14.5 Å². The third-order valence-electron chi connectivity index (χ3n) is 5.45. The number of hydrogen-bond acceptors (Lipinski definition) is 4. The fraction of sp³-hybridized carbons (Fsp3) is 0.250. The summed E-state index contributed by atoms with van der Waals surface area (Å²) in [5.74, 6) is 0.637. The van der Waals surface area contributed by atoms with Crippen LogP contribution in [-0.2, 0) is 6.54 Å². The highest BCUT2D eigenvalue weighted by Gasteiger charge is 2.24. The predicted molar refractivity (Wildman–Crippen MR) is 117 cm³/mol. The zero-order valence-electron chi connectivity index (χ0n) is 17.0. The van der Waals surface area contributed by atoms with Crippen LogP contribution in [0.25, 0.3) is 11.3 Å². The van der Waals surface area contributed by atoms with Crippen molar-refractivity contribution in [2.45, 2.75) is 6.54 Å². The maximum atomic E-state index is 12.9. The van der Waals surface area contributed by atoms with Gasteiger partial charge in [0.05, 0.1) is 7.11 Å². The highest BCUT2D eigenvalue weighted by Crippen LogP contribution is 2.17. The quantitative estimate of drug-likeness (QED) is 0.711. The van der Waals surface area contributed by atoms with Crippen molar-refractivity contribution in [2.24, 2.45) is 0 Å². The molecule has 6 heteroatoms. The van der Waals surface area contributed by atoms with E-state index in [1.807, 2.05) is 42.5 Å². The lowest BCUT2D eigenvalue weighted by Crippen LogP contribution is -2.49. The van der Waals surface area contributed by atoms with Crippen LogP contribution in [0.2, 0.25) is 0 Å². The minimum absolute atomic E-state index is 0.193. The van der Waals surface area contributed by atoms with Crippen LogP contribution < -0.4 is 10.3 Å². The number of carbonyl (C=O) groups excluding carboxylic acids is 1. The van der Waals surface area contributed by atoms with Gasteiger partial charge >= 0.3 is 0 Å². The van der Waals surface area contributed by atoms with Crippen molar-refractivity contribution in [3.63, 3.8) is 0 Å². The van der Waals surface area contributed by atoms with Gasteiger partial charge in [0.2, 0.25) is 0 Å². The molecule has 1 aliphatic rings. The lowest BCUT2D eigenvalue weighted by molar-refractivity contribution is 0.0626. The van der Waals surface area contributed by atoms with Gasteiger partial charge in [-0.1, -0.05) is 42.5 Å². The molecule has 3 aromatic rings. The topological polar surface area (TPSA) is 65.6 Å². The van der Waals surface area contributed by atoms with Crippen molar-refractivity contribution >= 4 is 5.91 Å². The van der Waals surface area contributed by atoms with E-state index >= 15 is 0 Å². The summed E-state index contributed by atoms with van der Waals surface area (Å²) < 4.78 is 5.20. The van der Waals surface area contributed by atoms with Gasteiger partial charge in [0.1, 0.15) is 11.3 Å². The molecule has 1 N–H and O–H groups in total. The predicted octanol–water partition coefficient (Wildman–Crippen LogP) is 3.01. The first kappa shape index (κ1) is 19.9. The Balaban J connectivity index is 1.37. The molecule has 2 aromatic carbocycles. The fourth-order valence-corrected chi connectivity index (χ4v) is 3.70. The maximum Gasteiger partial charge on any atom is 0.261 e. The largest absolute Gasteiger partial charge is 0.497 e. The number of benzene rings is 2. The number of methoxy groups -OCH3 is 1. The first-order valence-corrected chi connectivity index (χ1v) is 10.1. The second kappa shape index (κ2) is 8.97. The molecule has 1 saturated heterocycles. The Bertz CT molecular complexity index is 1050. The van der Waals surface area contributed by atoms with Gasteiger partial charge in [-0.25, -0.2) is 0 Å². The molecule has 0 radical (unpaired) electrons. The Hall–Kier alpha value is -3.38. The number of piperazine rings is 1. The molecule has 0 saturated carbocycles. The Morgan fingerprint density at radius 3 is 2.27 bits per heavy atom. The zero-order valence-corrected chi connectivity index (χ0v) is 17.0. The zero-order chi connectivity index (χ0) is 20.9. The van der Waals surface area contributed by atoms with Crippen LogP contribution in [0.1, 0.15) is 15.9 Å². The number of amides is 1. The Kier molecular flexibility index (Phi) is 5.95. The molecule has 154 valence electrons. The van der Waals surface area contributed by atoms with Crippen LogP contribution in [0, 0.1) is 0 Å². The molecule has 1 amide bonds. The summed E-state index contributed by atoms with van der Waals surface area (Å²) in [4.78, 5) is 32.3. The van der Waals surface area contributed by atoms with Crippen molar-refractivity contribution in [3.8, 4) is 17.0 Å². The molecule has 30 heavy (non-hydrogen) atoms. The SMILES string of the molecule is COc1ccc(CN2CCN(C(=O)c3ccc(-c4ccccc4)[nH]c3=O)CC2)cc1. The van der Waals surface area contributed by atoms with Gasteiger partial charge in [0.25, 0.3) is 11.5 Å². The van der Waals surface area contributed by atoms with E-state index in [4.69, 9.17) is 4.74 Å². The summed E-state index contributed by atoms with van der Waals surface area (Å²) in [6.07, 6.45) is 0. The van der Waals surface area contributed by atoms with E-state index < -0.39 is 0 Å². The van der Waals surface area contributed by atoms with Gasteiger partial charge in [-0.2, -0.15) is 0 Å². The maximum absolute atomic E-state index is 12.9. The number of pyridine rings is 1. The number of ether oxygens (including phenoxy) is 1. The molecule has 1 fully saturated rings. The van der Waals surface area contributed by atoms with Crippen LogP contribution in [0.3, 0.4) is 0 Å². The standard InChI is InChI=1S/C24H25N3O3/c1-30-20-9-7-18(8-10-20)17-26-13-15-27(16-14-26)24(29)21-11-12-22(25-23(21)28)19-5-3-2-4-6-19/h2-12H,13-17H2,1H3,(H,25,28). The third-order valence-corrected chi connectivity index (χ3v) is 5.45. The second-order valence-electron chi connectivity index (χ2n) is 7.40. The Morgan fingerprint density at radius 1 is 0.933 bits per heavy atom. The molecule has 0 spiro atoms. The Labute approximate surface area is 175 Å². The highest BCUT2D eigenvalue weighted by molar-refractivity contribution is 5.94. The van der Waals surface area contributed by atoms with Crippen LogP contribution in [0.4, 0.5) is 0 Å². The number of carbonyl (C=O) groups is 1. The minimum Gasteiger partial charge on any atom is -0.497 e. The monoisotopic (exact) mass is 403 g/mol. The summed E-state index contributed by atoms with van der Waals surface area (Å²) in [6.45, 7) is 3.59. The van der Waals surface area contributed by atoms with Gasteiger partial charge in [-0.15, -0.1) is 0 Å². The van der Waals surface area contributed by atoms with Crippen LogP contribution >= 0.6 is 0 Å². The molecule has 6 nitrogen and oxygen atoms in total. The molecule has 0 bridgehead atoms. The third kappa shape index (κ3) is 4.44. The van der Waals surface area contributed by atoms with Crippen LogP contribution in [0.15, 0.2) is 71.5 Å². The van der Waals surface area contributed by atoms with Crippen molar-refractivity contribution < 1.29 is 9.53 Å². The van der Waals surface area contributed by atoms with Gasteiger partial charge in [-0.05, 0) is 35.4 Å². The summed E-state index contributed by atoms with van der Waals surface area (Å²) in [5, 5.41) is 0.